The highest BCUT2D eigenvalue weighted by molar-refractivity contribution is 9.10. The summed E-state index contributed by atoms with van der Waals surface area (Å²) in [5, 5.41) is 3.29. The first-order valence-electron chi connectivity index (χ1n) is 6.01. The van der Waals surface area contributed by atoms with E-state index < -0.39 is 0 Å². The molecule has 2 rings (SSSR count). The SMILES string of the molecule is CCNCc1ccc(Oc2cccc(Br)c2)cc1. The van der Waals surface area contributed by atoms with Gasteiger partial charge in [-0.2, -0.15) is 0 Å². The summed E-state index contributed by atoms with van der Waals surface area (Å²) in [6, 6.07) is 16.0. The first-order valence-corrected chi connectivity index (χ1v) is 6.80. The predicted octanol–water partition coefficient (Wildman–Crippen LogP) is 4.35. The number of halogens is 1. The fourth-order valence-corrected chi connectivity index (χ4v) is 1.99. The summed E-state index contributed by atoms with van der Waals surface area (Å²) in [4.78, 5) is 0. The number of benzene rings is 2. The third-order valence-electron chi connectivity index (χ3n) is 2.53. The molecule has 0 saturated carbocycles. The van der Waals surface area contributed by atoms with Crippen molar-refractivity contribution in [3.8, 4) is 11.5 Å². The van der Waals surface area contributed by atoms with E-state index in [9.17, 15) is 0 Å². The van der Waals surface area contributed by atoms with Crippen molar-refractivity contribution in [1.29, 1.82) is 0 Å². The fourth-order valence-electron chi connectivity index (χ4n) is 1.61. The van der Waals surface area contributed by atoms with E-state index in [1.54, 1.807) is 0 Å². The van der Waals surface area contributed by atoms with Crippen molar-refractivity contribution < 1.29 is 4.74 Å². The molecule has 94 valence electrons. The number of ether oxygens (including phenoxy) is 1. The summed E-state index contributed by atoms with van der Waals surface area (Å²) in [7, 11) is 0. The lowest BCUT2D eigenvalue weighted by Crippen LogP contribution is -2.11. The van der Waals surface area contributed by atoms with Gasteiger partial charge in [0, 0.05) is 11.0 Å². The molecule has 0 aliphatic heterocycles. The maximum atomic E-state index is 5.77. The summed E-state index contributed by atoms with van der Waals surface area (Å²) in [6.45, 7) is 3.98. The largest absolute Gasteiger partial charge is 0.457 e. The van der Waals surface area contributed by atoms with Gasteiger partial charge in [-0.3, -0.25) is 0 Å². The van der Waals surface area contributed by atoms with Gasteiger partial charge < -0.3 is 10.1 Å². The van der Waals surface area contributed by atoms with Gasteiger partial charge in [-0.25, -0.2) is 0 Å². The highest BCUT2D eigenvalue weighted by Crippen LogP contribution is 2.24. The van der Waals surface area contributed by atoms with Crippen LogP contribution in [-0.4, -0.2) is 6.54 Å². The lowest BCUT2D eigenvalue weighted by atomic mass is 10.2. The van der Waals surface area contributed by atoms with Gasteiger partial charge in [0.15, 0.2) is 0 Å². The molecule has 0 aromatic heterocycles. The van der Waals surface area contributed by atoms with Crippen LogP contribution in [0.3, 0.4) is 0 Å². The summed E-state index contributed by atoms with van der Waals surface area (Å²) in [5.74, 6) is 1.69. The molecule has 0 aliphatic carbocycles. The van der Waals surface area contributed by atoms with Gasteiger partial charge in [-0.15, -0.1) is 0 Å². The lowest BCUT2D eigenvalue weighted by Gasteiger charge is -2.07. The van der Waals surface area contributed by atoms with Gasteiger partial charge in [0.2, 0.25) is 0 Å². The quantitative estimate of drug-likeness (QED) is 0.886. The van der Waals surface area contributed by atoms with Crippen LogP contribution in [0.25, 0.3) is 0 Å². The Kier molecular flexibility index (Phi) is 4.79. The van der Waals surface area contributed by atoms with Gasteiger partial charge in [0.1, 0.15) is 11.5 Å². The third kappa shape index (κ3) is 3.86. The molecule has 0 unspecified atom stereocenters. The van der Waals surface area contributed by atoms with Crippen molar-refractivity contribution in [3.63, 3.8) is 0 Å². The average Bonchev–Trinajstić information content (AvgIpc) is 2.38. The fraction of sp³-hybridized carbons (Fsp3) is 0.200. The number of hydrogen-bond donors (Lipinski definition) is 1. The minimum absolute atomic E-state index is 0.837. The molecule has 3 heteroatoms. The molecule has 0 aliphatic rings. The van der Waals surface area contributed by atoms with Gasteiger partial charge >= 0.3 is 0 Å². The Hall–Kier alpha value is -1.32. The Balaban J connectivity index is 2.02. The number of rotatable bonds is 5. The molecule has 2 nitrogen and oxygen atoms in total. The van der Waals surface area contributed by atoms with E-state index >= 15 is 0 Å². The van der Waals surface area contributed by atoms with Crippen molar-refractivity contribution in [2.24, 2.45) is 0 Å². The molecule has 0 spiro atoms. The van der Waals surface area contributed by atoms with Crippen LogP contribution in [0.4, 0.5) is 0 Å². The van der Waals surface area contributed by atoms with Crippen molar-refractivity contribution >= 4 is 15.9 Å². The molecule has 18 heavy (non-hydrogen) atoms. The molecule has 0 fully saturated rings. The highest BCUT2D eigenvalue weighted by Gasteiger charge is 1.98. The standard InChI is InChI=1S/C15H16BrNO/c1-2-17-11-12-6-8-14(9-7-12)18-15-5-3-4-13(16)10-15/h3-10,17H,2,11H2,1H3. The smallest absolute Gasteiger partial charge is 0.128 e. The molecule has 0 atom stereocenters. The van der Waals surface area contributed by atoms with Crippen LogP contribution in [0.1, 0.15) is 12.5 Å². The zero-order chi connectivity index (χ0) is 12.8. The van der Waals surface area contributed by atoms with Crippen LogP contribution < -0.4 is 10.1 Å². The topological polar surface area (TPSA) is 21.3 Å². The predicted molar refractivity (Wildman–Crippen MR) is 78.0 cm³/mol. The molecule has 1 N–H and O–H groups in total. The van der Waals surface area contributed by atoms with Crippen LogP contribution in [-0.2, 0) is 6.54 Å². The van der Waals surface area contributed by atoms with Crippen molar-refractivity contribution in [2.75, 3.05) is 6.54 Å². The van der Waals surface area contributed by atoms with E-state index in [1.807, 2.05) is 36.4 Å². The maximum Gasteiger partial charge on any atom is 0.128 e. The van der Waals surface area contributed by atoms with Crippen LogP contribution in [0, 0.1) is 0 Å². The Morgan fingerprint density at radius 3 is 2.50 bits per heavy atom. The minimum Gasteiger partial charge on any atom is -0.457 e. The van der Waals surface area contributed by atoms with Gasteiger partial charge in [-0.05, 0) is 42.4 Å². The lowest BCUT2D eigenvalue weighted by molar-refractivity contribution is 0.482. The average molecular weight is 306 g/mol. The molecular formula is C15H16BrNO. The summed E-state index contributed by atoms with van der Waals surface area (Å²) in [5.41, 5.74) is 1.26. The van der Waals surface area contributed by atoms with E-state index in [1.165, 1.54) is 5.56 Å². The van der Waals surface area contributed by atoms with E-state index in [-0.39, 0.29) is 0 Å². The minimum atomic E-state index is 0.837. The second-order valence-electron chi connectivity index (χ2n) is 3.98. The molecule has 0 amide bonds. The van der Waals surface area contributed by atoms with E-state index in [4.69, 9.17) is 4.74 Å². The second-order valence-corrected chi connectivity index (χ2v) is 4.90. The Morgan fingerprint density at radius 2 is 1.83 bits per heavy atom. The first-order chi connectivity index (χ1) is 8.78. The first kappa shape index (κ1) is 13.1. The van der Waals surface area contributed by atoms with E-state index in [2.05, 4.69) is 40.3 Å². The van der Waals surface area contributed by atoms with Crippen molar-refractivity contribution in [3.05, 3.63) is 58.6 Å². The summed E-state index contributed by atoms with van der Waals surface area (Å²) in [6.07, 6.45) is 0. The van der Waals surface area contributed by atoms with Gasteiger partial charge in [0.25, 0.3) is 0 Å². The Morgan fingerprint density at radius 1 is 1.06 bits per heavy atom. The highest BCUT2D eigenvalue weighted by atomic mass is 79.9. The van der Waals surface area contributed by atoms with E-state index in [0.29, 0.717) is 0 Å². The van der Waals surface area contributed by atoms with Gasteiger partial charge in [-0.1, -0.05) is 41.1 Å². The summed E-state index contributed by atoms with van der Waals surface area (Å²) >= 11 is 3.43. The number of nitrogens with one attached hydrogen (secondary N) is 1. The van der Waals surface area contributed by atoms with E-state index in [0.717, 1.165) is 29.1 Å². The van der Waals surface area contributed by atoms with Crippen LogP contribution >= 0.6 is 15.9 Å². The molecule has 0 bridgehead atoms. The van der Waals surface area contributed by atoms with Crippen LogP contribution in [0.15, 0.2) is 53.0 Å². The molecule has 2 aromatic carbocycles. The maximum absolute atomic E-state index is 5.77. The van der Waals surface area contributed by atoms with Gasteiger partial charge in [0.05, 0.1) is 0 Å². The molecular weight excluding hydrogens is 290 g/mol. The second kappa shape index (κ2) is 6.57. The Bertz CT molecular complexity index is 496. The molecule has 0 saturated heterocycles. The third-order valence-corrected chi connectivity index (χ3v) is 3.03. The summed E-state index contributed by atoms with van der Waals surface area (Å²) < 4.78 is 6.79. The zero-order valence-electron chi connectivity index (χ0n) is 10.3. The zero-order valence-corrected chi connectivity index (χ0v) is 11.9. The van der Waals surface area contributed by atoms with Crippen LogP contribution in [0.5, 0.6) is 11.5 Å². The van der Waals surface area contributed by atoms with Crippen molar-refractivity contribution in [1.82, 2.24) is 5.32 Å². The van der Waals surface area contributed by atoms with Crippen LogP contribution in [0.2, 0.25) is 0 Å². The molecule has 0 radical (unpaired) electrons. The van der Waals surface area contributed by atoms with Crippen molar-refractivity contribution in [2.45, 2.75) is 13.5 Å². The monoisotopic (exact) mass is 305 g/mol. The molecule has 0 heterocycles. The Labute approximate surface area is 116 Å². The number of hydrogen-bond acceptors (Lipinski definition) is 2. The normalized spacial score (nSPS) is 10.3. The molecule has 2 aromatic rings.